The van der Waals surface area contributed by atoms with E-state index < -0.39 is 33.9 Å². The van der Waals surface area contributed by atoms with Crippen molar-refractivity contribution in [1.82, 2.24) is 4.57 Å². The summed E-state index contributed by atoms with van der Waals surface area (Å²) in [4.78, 5) is 11.8. The first-order chi connectivity index (χ1) is 13.8. The van der Waals surface area contributed by atoms with Gasteiger partial charge in [-0.05, 0) is 18.6 Å². The largest absolute Gasteiger partial charge is 0.417 e. The lowest BCUT2D eigenvalue weighted by Crippen LogP contribution is -2.12. The fourth-order valence-electron chi connectivity index (χ4n) is 2.54. The minimum absolute atomic E-state index is 0.0328. The highest BCUT2D eigenvalue weighted by molar-refractivity contribution is 6.34. The summed E-state index contributed by atoms with van der Waals surface area (Å²) >= 11 is 5.97. The fraction of sp³-hybridized carbons (Fsp3) is 0.190. The molecule has 9 heteroatoms. The number of allylic oxidation sites excluding steroid dienone is 5. The van der Waals surface area contributed by atoms with Gasteiger partial charge in [-0.15, -0.1) is 0 Å². The Bertz CT molecular complexity index is 1060. The number of nitrogens with zero attached hydrogens (tertiary/aromatic N) is 1. The zero-order valence-corrected chi connectivity index (χ0v) is 16.4. The third-order valence-electron chi connectivity index (χ3n) is 4.20. The maximum atomic E-state index is 13.2. The second kappa shape index (κ2) is 8.95. The summed E-state index contributed by atoms with van der Waals surface area (Å²) in [6.07, 6.45) is -4.47. The molecule has 1 aromatic carbocycles. The number of aromatic nitrogens is 1. The quantitative estimate of drug-likeness (QED) is 0.364. The van der Waals surface area contributed by atoms with E-state index in [1.165, 1.54) is 35.0 Å². The molecule has 0 aliphatic rings. The van der Waals surface area contributed by atoms with Gasteiger partial charge in [-0.2, -0.15) is 26.3 Å². The molecule has 0 saturated heterocycles. The molecular weight excluding hydrogens is 432 g/mol. The Morgan fingerprint density at radius 3 is 2.37 bits per heavy atom. The molecule has 0 amide bonds. The third kappa shape index (κ3) is 5.66. The maximum Gasteiger partial charge on any atom is 0.417 e. The summed E-state index contributed by atoms with van der Waals surface area (Å²) in [5, 5.41) is -0.582. The first-order valence-corrected chi connectivity index (χ1v) is 8.86. The monoisotopic (exact) mass is 447 g/mol. The van der Waals surface area contributed by atoms with E-state index in [0.717, 1.165) is 31.2 Å². The molecule has 0 aliphatic carbocycles. The van der Waals surface area contributed by atoms with Crippen molar-refractivity contribution in [1.29, 1.82) is 0 Å². The summed E-state index contributed by atoms with van der Waals surface area (Å²) in [5.41, 5.74) is -1.97. The lowest BCUT2D eigenvalue weighted by atomic mass is 10.1. The average molecular weight is 448 g/mol. The highest BCUT2D eigenvalue weighted by Crippen LogP contribution is 2.39. The van der Waals surface area contributed by atoms with Crippen LogP contribution in [-0.4, -0.2) is 10.7 Å². The van der Waals surface area contributed by atoms with E-state index in [1.54, 1.807) is 0 Å². The topological polar surface area (TPSA) is 22.0 Å². The van der Waals surface area contributed by atoms with Crippen LogP contribution in [0.2, 0.25) is 5.02 Å². The van der Waals surface area contributed by atoms with Gasteiger partial charge >= 0.3 is 12.4 Å². The van der Waals surface area contributed by atoms with Crippen LogP contribution < -0.4 is 5.43 Å². The Labute approximate surface area is 173 Å². The Hall–Kier alpha value is -2.74. The van der Waals surface area contributed by atoms with Crippen LogP contribution in [0.5, 0.6) is 0 Å². The van der Waals surface area contributed by atoms with Crippen molar-refractivity contribution >= 4 is 11.6 Å². The van der Waals surface area contributed by atoms with Crippen molar-refractivity contribution in [3.63, 3.8) is 0 Å². The van der Waals surface area contributed by atoms with Gasteiger partial charge < -0.3 is 4.57 Å². The first-order valence-electron chi connectivity index (χ1n) is 8.48. The predicted molar refractivity (Wildman–Crippen MR) is 104 cm³/mol. The van der Waals surface area contributed by atoms with E-state index in [9.17, 15) is 31.1 Å². The summed E-state index contributed by atoms with van der Waals surface area (Å²) in [7, 11) is 0. The second-order valence-corrected chi connectivity index (χ2v) is 6.71. The van der Waals surface area contributed by atoms with E-state index in [2.05, 4.69) is 6.58 Å². The normalized spacial score (nSPS) is 13.5. The zero-order valence-electron chi connectivity index (χ0n) is 15.6. The summed E-state index contributed by atoms with van der Waals surface area (Å²) in [6, 6.07) is 5.60. The van der Waals surface area contributed by atoms with Crippen LogP contribution >= 0.6 is 11.6 Å². The molecule has 2 rings (SSSR count). The summed E-state index contributed by atoms with van der Waals surface area (Å²) in [5.74, 6) is 0. The van der Waals surface area contributed by atoms with Crippen LogP contribution in [-0.2, 0) is 12.7 Å². The molecule has 2 nitrogen and oxygen atoms in total. The van der Waals surface area contributed by atoms with E-state index in [0.29, 0.717) is 5.57 Å². The van der Waals surface area contributed by atoms with Gasteiger partial charge in [0.05, 0.1) is 16.3 Å². The fourth-order valence-corrected chi connectivity index (χ4v) is 2.87. The van der Waals surface area contributed by atoms with Gasteiger partial charge in [0.2, 0.25) is 0 Å². The van der Waals surface area contributed by atoms with Gasteiger partial charge in [0.15, 0.2) is 5.43 Å². The Balaban J connectivity index is 2.56. The number of hydrogen-bond acceptors (Lipinski definition) is 1. The van der Waals surface area contributed by atoms with Crippen molar-refractivity contribution in [2.24, 2.45) is 0 Å². The number of halogens is 7. The van der Waals surface area contributed by atoms with Gasteiger partial charge in [-0.25, -0.2) is 0 Å². The Morgan fingerprint density at radius 2 is 1.80 bits per heavy atom. The molecule has 0 aliphatic heterocycles. The van der Waals surface area contributed by atoms with Gasteiger partial charge in [0, 0.05) is 36.0 Å². The highest BCUT2D eigenvalue weighted by atomic mass is 35.5. The van der Waals surface area contributed by atoms with Crippen molar-refractivity contribution in [2.75, 3.05) is 0 Å². The molecule has 160 valence electrons. The lowest BCUT2D eigenvalue weighted by molar-refractivity contribution is -0.137. The van der Waals surface area contributed by atoms with Crippen LogP contribution in [0, 0.1) is 0 Å². The second-order valence-electron chi connectivity index (χ2n) is 6.33. The smallest absolute Gasteiger partial charge is 0.343 e. The molecule has 0 N–H and O–H groups in total. The van der Waals surface area contributed by atoms with Gasteiger partial charge in [0.25, 0.3) is 0 Å². The van der Waals surface area contributed by atoms with Crippen LogP contribution in [0.25, 0.3) is 11.3 Å². The van der Waals surface area contributed by atoms with E-state index in [1.807, 2.05) is 0 Å². The minimum atomic E-state index is -4.70. The Morgan fingerprint density at radius 1 is 1.13 bits per heavy atom. The minimum Gasteiger partial charge on any atom is -0.343 e. The molecule has 0 unspecified atom stereocenters. The number of alkyl halides is 6. The summed E-state index contributed by atoms with van der Waals surface area (Å²) in [6.45, 7) is 4.41. The molecular formula is C21H16ClF6NO. The standard InChI is InChI=1S/C21H16ClF6NO/c1-3-14(8-7-13(2)20(23,24)25)12-29-10-9-15(30)11-18(29)16-5-4-6-17(19(16)22)21(26,27)28/h3-11H,1,12H2,2H3/b13-7+,14-8+. The van der Waals surface area contributed by atoms with E-state index in [-0.39, 0.29) is 17.8 Å². The van der Waals surface area contributed by atoms with Gasteiger partial charge in [-0.1, -0.05) is 48.5 Å². The van der Waals surface area contributed by atoms with Crippen molar-refractivity contribution < 1.29 is 26.3 Å². The molecule has 0 spiro atoms. The number of hydrogen-bond donors (Lipinski definition) is 0. The number of pyridine rings is 1. The molecule has 0 saturated carbocycles. The first kappa shape index (κ1) is 23.5. The van der Waals surface area contributed by atoms with Crippen LogP contribution in [0.1, 0.15) is 12.5 Å². The molecule has 30 heavy (non-hydrogen) atoms. The van der Waals surface area contributed by atoms with Crippen molar-refractivity contribution in [3.05, 3.63) is 93.3 Å². The van der Waals surface area contributed by atoms with E-state index in [4.69, 9.17) is 11.6 Å². The SMILES string of the molecule is C=C/C(=C\C=C(/C)C(F)(F)F)Cn1ccc(=O)cc1-c1cccc(C(F)(F)F)c1Cl. The molecule has 1 heterocycles. The molecule has 0 bridgehead atoms. The van der Waals surface area contributed by atoms with Gasteiger partial charge in [-0.3, -0.25) is 4.79 Å². The molecule has 0 atom stereocenters. The van der Waals surface area contributed by atoms with Crippen molar-refractivity contribution in [2.45, 2.75) is 25.8 Å². The average Bonchev–Trinajstić information content (AvgIpc) is 2.64. The van der Waals surface area contributed by atoms with Crippen LogP contribution in [0.3, 0.4) is 0 Å². The van der Waals surface area contributed by atoms with E-state index >= 15 is 0 Å². The third-order valence-corrected chi connectivity index (χ3v) is 4.60. The molecule has 1 aromatic heterocycles. The number of benzene rings is 1. The molecule has 0 radical (unpaired) electrons. The van der Waals surface area contributed by atoms with Crippen LogP contribution in [0.4, 0.5) is 26.3 Å². The van der Waals surface area contributed by atoms with Crippen molar-refractivity contribution in [3.8, 4) is 11.3 Å². The maximum absolute atomic E-state index is 13.2. The highest BCUT2D eigenvalue weighted by Gasteiger charge is 2.34. The lowest BCUT2D eigenvalue weighted by Gasteiger charge is -2.17. The molecule has 2 aromatic rings. The van der Waals surface area contributed by atoms with Crippen LogP contribution in [0.15, 0.2) is 77.3 Å². The predicted octanol–water partition coefficient (Wildman–Crippen LogP) is 6.81. The number of rotatable bonds is 5. The molecule has 0 fully saturated rings. The zero-order chi connectivity index (χ0) is 22.7. The Kier molecular flexibility index (Phi) is 7.02. The summed E-state index contributed by atoms with van der Waals surface area (Å²) < 4.78 is 79.0. The van der Waals surface area contributed by atoms with Gasteiger partial charge in [0.1, 0.15) is 0 Å².